The summed E-state index contributed by atoms with van der Waals surface area (Å²) in [5.41, 5.74) is 0.779. The summed E-state index contributed by atoms with van der Waals surface area (Å²) in [5, 5.41) is 0. The van der Waals surface area contributed by atoms with E-state index >= 15 is 0 Å². The highest BCUT2D eigenvalue weighted by Gasteiger charge is 2.69. The fourth-order valence-corrected chi connectivity index (χ4v) is 10.8. The van der Waals surface area contributed by atoms with Gasteiger partial charge in [0.05, 0.1) is 0 Å². The van der Waals surface area contributed by atoms with Gasteiger partial charge in [-0.25, -0.2) is 9.78 Å². The van der Waals surface area contributed by atoms with Crippen molar-refractivity contribution in [1.29, 1.82) is 0 Å². The summed E-state index contributed by atoms with van der Waals surface area (Å²) < 4.78 is 6.43. The van der Waals surface area contributed by atoms with Crippen molar-refractivity contribution in [3.05, 3.63) is 0 Å². The van der Waals surface area contributed by atoms with Gasteiger partial charge in [0.15, 0.2) is 0 Å². The lowest BCUT2D eigenvalue weighted by Crippen LogP contribution is -2.59. The van der Waals surface area contributed by atoms with Crippen LogP contribution in [-0.2, 0) is 14.5 Å². The third-order valence-electron chi connectivity index (χ3n) is 10.8. The van der Waals surface area contributed by atoms with E-state index in [0.717, 1.165) is 35.5 Å². The van der Waals surface area contributed by atoms with Gasteiger partial charge in [-0.1, -0.05) is 0 Å². The molecule has 3 heteroatoms. The first kappa shape index (κ1) is 15.7. The van der Waals surface area contributed by atoms with Crippen LogP contribution >= 0.6 is 0 Å². The number of ether oxygens (including phenoxy) is 1. The number of rotatable bonds is 2. The topological polar surface area (TPSA) is 31.0 Å². The predicted molar refractivity (Wildman–Crippen MR) is 99.6 cm³/mol. The second-order valence-electron chi connectivity index (χ2n) is 12.7. The van der Waals surface area contributed by atoms with Gasteiger partial charge in [-0.2, -0.15) is 0 Å². The van der Waals surface area contributed by atoms with Crippen LogP contribution in [-0.4, -0.2) is 24.4 Å². The predicted octanol–water partition coefficient (Wildman–Crippen LogP) is 4.89. The van der Waals surface area contributed by atoms with Crippen molar-refractivity contribution in [2.24, 2.45) is 46.3 Å². The van der Waals surface area contributed by atoms with Crippen LogP contribution in [0.15, 0.2) is 0 Å². The smallest absolute Gasteiger partial charge is 0.127 e. The van der Waals surface area contributed by atoms with Crippen LogP contribution in [0.1, 0.15) is 77.0 Å². The molecule has 3 nitrogen and oxygen atoms in total. The van der Waals surface area contributed by atoms with Gasteiger partial charge in [-0.15, -0.1) is 0 Å². The van der Waals surface area contributed by atoms with Gasteiger partial charge in [0.1, 0.15) is 24.4 Å². The zero-order chi connectivity index (χ0) is 17.4. The summed E-state index contributed by atoms with van der Waals surface area (Å²) in [6, 6.07) is 0. The molecule has 10 rings (SSSR count). The molecule has 10 aliphatic rings. The Bertz CT molecular complexity index is 544. The van der Waals surface area contributed by atoms with Crippen molar-refractivity contribution in [2.45, 2.75) is 101 Å². The Labute approximate surface area is 162 Å². The Morgan fingerprint density at radius 3 is 1.04 bits per heavy atom. The van der Waals surface area contributed by atoms with Crippen molar-refractivity contribution in [1.82, 2.24) is 0 Å². The second kappa shape index (κ2) is 4.95. The second-order valence-corrected chi connectivity index (χ2v) is 12.7. The Morgan fingerprint density at radius 2 is 0.741 bits per heavy atom. The Morgan fingerprint density at radius 1 is 0.444 bits per heavy atom. The average Bonchev–Trinajstić information content (AvgIpc) is 3.38. The standard InChI is InChI=1S/C24H34O3/c1-13-2-15-3-14(1)8-23(7-13,9-15)21-19-20(25-19)22(27-26-21)24-10-16-4-17(11-24)6-18(5-16)12-24/h13-22H,1-12H2/t13?,14?,15?,16?,17?,18?,19-,20+,21-,22+,23?,24?. The van der Waals surface area contributed by atoms with E-state index in [0.29, 0.717) is 23.0 Å². The molecule has 2 saturated heterocycles. The van der Waals surface area contributed by atoms with Crippen LogP contribution in [0.4, 0.5) is 0 Å². The third kappa shape index (κ3) is 2.05. The zero-order valence-corrected chi connectivity index (χ0v) is 16.5. The lowest BCUT2D eigenvalue weighted by atomic mass is 9.46. The fraction of sp³-hybridized carbons (Fsp3) is 1.00. The quantitative estimate of drug-likeness (QED) is 0.512. The van der Waals surface area contributed by atoms with Gasteiger partial charge in [-0.3, -0.25) is 0 Å². The van der Waals surface area contributed by atoms with Gasteiger partial charge in [-0.05, 0) is 113 Å². The third-order valence-corrected chi connectivity index (χ3v) is 10.8. The van der Waals surface area contributed by atoms with E-state index in [9.17, 15) is 0 Å². The molecule has 8 bridgehead atoms. The van der Waals surface area contributed by atoms with Crippen LogP contribution in [0.5, 0.6) is 0 Å². The van der Waals surface area contributed by atoms with E-state index in [4.69, 9.17) is 14.5 Å². The first-order valence-corrected chi connectivity index (χ1v) is 12.2. The van der Waals surface area contributed by atoms with Gasteiger partial charge in [0.2, 0.25) is 0 Å². The van der Waals surface area contributed by atoms with Crippen LogP contribution in [0.2, 0.25) is 0 Å². The van der Waals surface area contributed by atoms with Crippen LogP contribution < -0.4 is 0 Å². The number of hydrogen-bond acceptors (Lipinski definition) is 3. The largest absolute Gasteiger partial charge is 0.364 e. The molecule has 4 atom stereocenters. The van der Waals surface area contributed by atoms with Crippen LogP contribution in [0.3, 0.4) is 0 Å². The average molecular weight is 371 g/mol. The Kier molecular flexibility index (Phi) is 2.88. The highest BCUT2D eigenvalue weighted by atomic mass is 17.2. The number of epoxide rings is 1. The summed E-state index contributed by atoms with van der Waals surface area (Å²) in [5.74, 6) is 5.82. The van der Waals surface area contributed by atoms with E-state index in [1.54, 1.807) is 0 Å². The summed E-state index contributed by atoms with van der Waals surface area (Å²) in [4.78, 5) is 12.8. The molecule has 0 aromatic heterocycles. The maximum Gasteiger partial charge on any atom is 0.127 e. The van der Waals surface area contributed by atoms with Gasteiger partial charge < -0.3 is 4.74 Å². The molecule has 0 radical (unpaired) electrons. The normalized spacial score (nSPS) is 67.6. The number of fused-ring (bicyclic) bond motifs is 1. The molecule has 2 aliphatic heterocycles. The minimum absolute atomic E-state index is 0.237. The van der Waals surface area contributed by atoms with Crippen molar-refractivity contribution in [2.75, 3.05) is 0 Å². The SMILES string of the molecule is C1C2CC3CC1CC([C@@H]1OO[C@H](C45CC6CC(CC(C6)C4)C5)[C@H]4O[C@H]41)(C2)C3. The molecule has 2 heterocycles. The van der Waals surface area contributed by atoms with Gasteiger partial charge >= 0.3 is 0 Å². The lowest BCUT2D eigenvalue weighted by molar-refractivity contribution is -0.411. The molecule has 8 saturated carbocycles. The Hall–Kier alpha value is -0.120. The molecule has 0 spiro atoms. The van der Waals surface area contributed by atoms with Crippen molar-refractivity contribution >= 4 is 0 Å². The maximum absolute atomic E-state index is 6.43. The number of hydrogen-bond donors (Lipinski definition) is 0. The highest BCUT2D eigenvalue weighted by molar-refractivity contribution is 5.15. The van der Waals surface area contributed by atoms with Crippen LogP contribution in [0.25, 0.3) is 0 Å². The molecule has 0 aromatic rings. The van der Waals surface area contributed by atoms with Gasteiger partial charge in [0.25, 0.3) is 0 Å². The summed E-state index contributed by atoms with van der Waals surface area (Å²) >= 11 is 0. The molecule has 0 amide bonds. The van der Waals surface area contributed by atoms with E-state index in [2.05, 4.69) is 0 Å². The molecule has 8 aliphatic carbocycles. The molecular formula is C24H34O3. The van der Waals surface area contributed by atoms with E-state index in [1.807, 2.05) is 0 Å². The lowest BCUT2D eigenvalue weighted by Gasteiger charge is -2.61. The molecule has 148 valence electrons. The van der Waals surface area contributed by atoms with Gasteiger partial charge in [0, 0.05) is 10.8 Å². The van der Waals surface area contributed by atoms with Crippen LogP contribution in [0, 0.1) is 46.3 Å². The highest BCUT2D eigenvalue weighted by Crippen LogP contribution is 2.67. The van der Waals surface area contributed by atoms with E-state index in [-0.39, 0.29) is 12.2 Å². The van der Waals surface area contributed by atoms with E-state index < -0.39 is 0 Å². The first-order valence-electron chi connectivity index (χ1n) is 12.2. The van der Waals surface area contributed by atoms with Crippen molar-refractivity contribution < 1.29 is 14.5 Å². The molecular weight excluding hydrogens is 336 g/mol. The molecule has 0 N–H and O–H groups in total. The molecule has 0 aromatic carbocycles. The minimum Gasteiger partial charge on any atom is -0.364 e. The molecule has 10 fully saturated rings. The monoisotopic (exact) mass is 370 g/mol. The zero-order valence-electron chi connectivity index (χ0n) is 16.5. The first-order chi connectivity index (χ1) is 13.2. The van der Waals surface area contributed by atoms with Crippen molar-refractivity contribution in [3.63, 3.8) is 0 Å². The minimum atomic E-state index is 0.237. The summed E-state index contributed by atoms with van der Waals surface area (Å²) in [7, 11) is 0. The summed E-state index contributed by atoms with van der Waals surface area (Å²) in [6.07, 6.45) is 18.5. The Balaban J connectivity index is 1.07. The van der Waals surface area contributed by atoms with E-state index in [1.165, 1.54) is 77.0 Å². The summed E-state index contributed by atoms with van der Waals surface area (Å²) in [6.45, 7) is 0. The maximum atomic E-state index is 6.43. The fourth-order valence-electron chi connectivity index (χ4n) is 10.8. The molecule has 27 heavy (non-hydrogen) atoms. The van der Waals surface area contributed by atoms with Crippen molar-refractivity contribution in [3.8, 4) is 0 Å². The molecule has 0 unspecified atom stereocenters.